The fraction of sp³-hybridized carbons (Fsp3) is 0.136. The minimum Gasteiger partial charge on any atom is -0.497 e. The molecule has 0 aliphatic heterocycles. The van der Waals surface area contributed by atoms with Gasteiger partial charge in [-0.25, -0.2) is 0 Å². The fourth-order valence-electron chi connectivity index (χ4n) is 2.66. The lowest BCUT2D eigenvalue weighted by atomic mass is 10.1. The third-order valence-electron chi connectivity index (χ3n) is 4.17. The summed E-state index contributed by atoms with van der Waals surface area (Å²) in [7, 11) is 4.73. The average Bonchev–Trinajstić information content (AvgIpc) is 2.75. The van der Waals surface area contributed by atoms with Gasteiger partial charge in [0.1, 0.15) is 5.75 Å². The SMILES string of the molecule is COc1ccc(Nc2ccc(NC(=O)c3ccc(OC)c(OC)c3)cc2)cc1. The average molecular weight is 378 g/mol. The highest BCUT2D eigenvalue weighted by Crippen LogP contribution is 2.28. The first-order valence-corrected chi connectivity index (χ1v) is 8.67. The summed E-state index contributed by atoms with van der Waals surface area (Å²) in [6.45, 7) is 0. The quantitative estimate of drug-likeness (QED) is 0.623. The summed E-state index contributed by atoms with van der Waals surface area (Å²) in [6, 6.07) is 20.2. The highest BCUT2D eigenvalue weighted by molar-refractivity contribution is 6.04. The van der Waals surface area contributed by atoms with E-state index in [1.165, 1.54) is 7.11 Å². The maximum absolute atomic E-state index is 12.5. The van der Waals surface area contributed by atoms with Crippen LogP contribution in [0.4, 0.5) is 17.1 Å². The summed E-state index contributed by atoms with van der Waals surface area (Å²) in [5, 5.41) is 6.17. The van der Waals surface area contributed by atoms with Crippen LogP contribution in [0.15, 0.2) is 66.7 Å². The fourth-order valence-corrected chi connectivity index (χ4v) is 2.66. The number of amides is 1. The van der Waals surface area contributed by atoms with Gasteiger partial charge in [0.2, 0.25) is 0 Å². The Balaban J connectivity index is 1.65. The monoisotopic (exact) mass is 378 g/mol. The van der Waals surface area contributed by atoms with Gasteiger partial charge in [0, 0.05) is 22.6 Å². The van der Waals surface area contributed by atoms with Crippen LogP contribution in [0.25, 0.3) is 0 Å². The van der Waals surface area contributed by atoms with Crippen LogP contribution in [-0.4, -0.2) is 27.2 Å². The van der Waals surface area contributed by atoms with Crippen molar-refractivity contribution in [3.8, 4) is 17.2 Å². The largest absolute Gasteiger partial charge is 0.497 e. The van der Waals surface area contributed by atoms with Gasteiger partial charge in [-0.15, -0.1) is 0 Å². The Morgan fingerprint density at radius 1 is 0.679 bits per heavy atom. The summed E-state index contributed by atoms with van der Waals surface area (Å²) in [6.07, 6.45) is 0. The van der Waals surface area contributed by atoms with Crippen molar-refractivity contribution in [2.24, 2.45) is 0 Å². The van der Waals surface area contributed by atoms with E-state index in [0.29, 0.717) is 22.7 Å². The number of methoxy groups -OCH3 is 3. The molecule has 0 bridgehead atoms. The van der Waals surface area contributed by atoms with Crippen LogP contribution in [-0.2, 0) is 0 Å². The number of benzene rings is 3. The molecule has 0 aromatic heterocycles. The molecule has 0 fully saturated rings. The standard InChI is InChI=1S/C22H22N2O4/c1-26-19-11-9-17(10-12-19)23-16-5-7-18(8-6-16)24-22(25)15-4-13-20(27-2)21(14-15)28-3/h4-14,23H,1-3H3,(H,24,25). The molecule has 2 N–H and O–H groups in total. The lowest BCUT2D eigenvalue weighted by Gasteiger charge is -2.11. The molecule has 0 aliphatic carbocycles. The molecule has 3 rings (SSSR count). The summed E-state index contributed by atoms with van der Waals surface area (Å²) in [4.78, 5) is 12.5. The highest BCUT2D eigenvalue weighted by Gasteiger charge is 2.11. The number of ether oxygens (including phenoxy) is 3. The van der Waals surface area contributed by atoms with Crippen molar-refractivity contribution in [1.82, 2.24) is 0 Å². The van der Waals surface area contributed by atoms with E-state index in [2.05, 4.69) is 10.6 Å². The number of hydrogen-bond donors (Lipinski definition) is 2. The Labute approximate surface area is 164 Å². The zero-order valence-electron chi connectivity index (χ0n) is 16.0. The first-order chi connectivity index (χ1) is 13.6. The lowest BCUT2D eigenvalue weighted by molar-refractivity contribution is 0.102. The number of anilines is 3. The van der Waals surface area contributed by atoms with E-state index >= 15 is 0 Å². The number of rotatable bonds is 7. The van der Waals surface area contributed by atoms with Gasteiger partial charge in [-0.3, -0.25) is 4.79 Å². The number of hydrogen-bond acceptors (Lipinski definition) is 5. The second kappa shape index (κ2) is 8.81. The van der Waals surface area contributed by atoms with Crippen LogP contribution in [0.1, 0.15) is 10.4 Å². The smallest absolute Gasteiger partial charge is 0.255 e. The van der Waals surface area contributed by atoms with Gasteiger partial charge in [0.05, 0.1) is 21.3 Å². The lowest BCUT2D eigenvalue weighted by Crippen LogP contribution is -2.12. The van der Waals surface area contributed by atoms with Gasteiger partial charge in [-0.1, -0.05) is 0 Å². The number of nitrogens with one attached hydrogen (secondary N) is 2. The van der Waals surface area contributed by atoms with E-state index in [-0.39, 0.29) is 5.91 Å². The number of carbonyl (C=O) groups is 1. The van der Waals surface area contributed by atoms with E-state index in [4.69, 9.17) is 14.2 Å². The maximum atomic E-state index is 12.5. The van der Waals surface area contributed by atoms with Gasteiger partial charge in [0.15, 0.2) is 11.5 Å². The second-order valence-electron chi connectivity index (χ2n) is 5.95. The van der Waals surface area contributed by atoms with Crippen molar-refractivity contribution < 1.29 is 19.0 Å². The molecule has 0 saturated carbocycles. The van der Waals surface area contributed by atoms with Crippen LogP contribution < -0.4 is 24.8 Å². The molecule has 3 aromatic rings. The summed E-state index contributed by atoms with van der Waals surface area (Å²) in [5.74, 6) is 1.66. The van der Waals surface area contributed by atoms with Crippen LogP contribution >= 0.6 is 0 Å². The maximum Gasteiger partial charge on any atom is 0.255 e. The minimum atomic E-state index is -0.225. The van der Waals surface area contributed by atoms with E-state index in [1.807, 2.05) is 48.5 Å². The molecule has 0 radical (unpaired) electrons. The summed E-state index contributed by atoms with van der Waals surface area (Å²) in [5.41, 5.74) is 3.04. The molecule has 0 spiro atoms. The van der Waals surface area contributed by atoms with Crippen molar-refractivity contribution in [2.75, 3.05) is 32.0 Å². The Hall–Kier alpha value is -3.67. The predicted octanol–water partition coefficient (Wildman–Crippen LogP) is 4.71. The van der Waals surface area contributed by atoms with Crippen molar-refractivity contribution in [3.63, 3.8) is 0 Å². The molecule has 3 aromatic carbocycles. The highest BCUT2D eigenvalue weighted by atomic mass is 16.5. The van der Waals surface area contributed by atoms with Crippen molar-refractivity contribution in [3.05, 3.63) is 72.3 Å². The molecule has 0 unspecified atom stereocenters. The Morgan fingerprint density at radius 3 is 1.82 bits per heavy atom. The molecule has 0 saturated heterocycles. The third kappa shape index (κ3) is 4.54. The Kier molecular flexibility index (Phi) is 6.01. The zero-order chi connectivity index (χ0) is 19.9. The Bertz CT molecular complexity index is 938. The van der Waals surface area contributed by atoms with Gasteiger partial charge in [-0.05, 0) is 66.7 Å². The second-order valence-corrected chi connectivity index (χ2v) is 5.95. The predicted molar refractivity (Wildman–Crippen MR) is 110 cm³/mol. The molecule has 0 atom stereocenters. The van der Waals surface area contributed by atoms with Gasteiger partial charge >= 0.3 is 0 Å². The topological polar surface area (TPSA) is 68.8 Å². The molecule has 0 aliphatic rings. The first-order valence-electron chi connectivity index (χ1n) is 8.67. The van der Waals surface area contributed by atoms with E-state index in [0.717, 1.165) is 17.1 Å². The van der Waals surface area contributed by atoms with Crippen molar-refractivity contribution >= 4 is 23.0 Å². The van der Waals surface area contributed by atoms with Gasteiger partial charge < -0.3 is 24.8 Å². The summed E-state index contributed by atoms with van der Waals surface area (Å²) >= 11 is 0. The molecule has 28 heavy (non-hydrogen) atoms. The van der Waals surface area contributed by atoms with Crippen LogP contribution in [0.5, 0.6) is 17.2 Å². The van der Waals surface area contributed by atoms with Crippen molar-refractivity contribution in [2.45, 2.75) is 0 Å². The first kappa shape index (κ1) is 19.1. The van der Waals surface area contributed by atoms with Crippen molar-refractivity contribution in [1.29, 1.82) is 0 Å². The molecule has 0 heterocycles. The van der Waals surface area contributed by atoms with Gasteiger partial charge in [-0.2, -0.15) is 0 Å². The van der Waals surface area contributed by atoms with Gasteiger partial charge in [0.25, 0.3) is 5.91 Å². The zero-order valence-corrected chi connectivity index (χ0v) is 16.0. The third-order valence-corrected chi connectivity index (χ3v) is 4.17. The minimum absolute atomic E-state index is 0.225. The van der Waals surface area contributed by atoms with Crippen LogP contribution in [0.2, 0.25) is 0 Å². The summed E-state index contributed by atoms with van der Waals surface area (Å²) < 4.78 is 15.6. The molecule has 144 valence electrons. The molecular formula is C22H22N2O4. The van der Waals surface area contributed by atoms with E-state index in [1.54, 1.807) is 32.4 Å². The molecule has 6 nitrogen and oxygen atoms in total. The van der Waals surface area contributed by atoms with E-state index < -0.39 is 0 Å². The Morgan fingerprint density at radius 2 is 1.25 bits per heavy atom. The van der Waals surface area contributed by atoms with Crippen LogP contribution in [0, 0.1) is 0 Å². The molecule has 6 heteroatoms. The normalized spacial score (nSPS) is 10.1. The molecule has 1 amide bonds. The van der Waals surface area contributed by atoms with Crippen LogP contribution in [0.3, 0.4) is 0 Å². The van der Waals surface area contributed by atoms with E-state index in [9.17, 15) is 4.79 Å². The molecular weight excluding hydrogens is 356 g/mol. The number of carbonyl (C=O) groups excluding carboxylic acids is 1.